The summed E-state index contributed by atoms with van der Waals surface area (Å²) in [5.41, 5.74) is 3.94. The van der Waals surface area contributed by atoms with E-state index in [1.807, 2.05) is 25.1 Å². The van der Waals surface area contributed by atoms with Gasteiger partial charge in [-0.1, -0.05) is 28.1 Å². The predicted octanol–water partition coefficient (Wildman–Crippen LogP) is 4.50. The summed E-state index contributed by atoms with van der Waals surface area (Å²) in [6.07, 6.45) is 1.51. The minimum absolute atomic E-state index is 0.204. The van der Waals surface area contributed by atoms with E-state index in [9.17, 15) is 8.42 Å². The number of aryl methyl sites for hydroxylation is 1. The lowest BCUT2D eigenvalue weighted by molar-refractivity contribution is 0.601. The zero-order chi connectivity index (χ0) is 19.0. The molecular formula is C19H15BrN4O2S. The number of aromatic amines is 1. The predicted molar refractivity (Wildman–Crippen MR) is 109 cm³/mol. The Bertz CT molecular complexity index is 1220. The fourth-order valence-electron chi connectivity index (χ4n) is 2.83. The third kappa shape index (κ3) is 3.58. The van der Waals surface area contributed by atoms with Crippen LogP contribution < -0.4 is 4.72 Å². The van der Waals surface area contributed by atoms with Crippen molar-refractivity contribution in [2.45, 2.75) is 11.8 Å². The van der Waals surface area contributed by atoms with Crippen molar-refractivity contribution in [3.8, 4) is 11.3 Å². The lowest BCUT2D eigenvalue weighted by Crippen LogP contribution is -2.12. The average Bonchev–Trinajstić information content (AvgIpc) is 3.02. The van der Waals surface area contributed by atoms with E-state index in [0.29, 0.717) is 5.69 Å². The Hall–Kier alpha value is -2.71. The van der Waals surface area contributed by atoms with E-state index in [1.165, 1.54) is 6.33 Å². The molecule has 0 fully saturated rings. The summed E-state index contributed by atoms with van der Waals surface area (Å²) in [5.74, 6) is 0. The Morgan fingerprint density at radius 3 is 2.41 bits per heavy atom. The molecule has 2 heterocycles. The summed E-state index contributed by atoms with van der Waals surface area (Å²) in [5, 5.41) is 0.929. The van der Waals surface area contributed by atoms with Crippen molar-refractivity contribution in [3.05, 3.63) is 71.1 Å². The maximum absolute atomic E-state index is 12.5. The summed E-state index contributed by atoms with van der Waals surface area (Å²) in [6, 6.07) is 15.6. The molecular weight excluding hydrogens is 428 g/mol. The number of nitrogens with zero attached hydrogens (tertiary/aromatic N) is 2. The molecule has 8 heteroatoms. The molecule has 0 aliphatic rings. The molecule has 4 aromatic rings. The van der Waals surface area contributed by atoms with Crippen LogP contribution in [0.3, 0.4) is 0 Å². The number of anilines is 1. The second kappa shape index (κ2) is 6.79. The van der Waals surface area contributed by atoms with E-state index in [0.717, 1.165) is 32.5 Å². The fourth-order valence-corrected chi connectivity index (χ4v) is 4.15. The molecule has 4 rings (SSSR count). The highest BCUT2D eigenvalue weighted by atomic mass is 79.9. The number of nitrogens with one attached hydrogen (secondary N) is 2. The molecule has 0 spiro atoms. The average molecular weight is 443 g/mol. The summed E-state index contributed by atoms with van der Waals surface area (Å²) in [4.78, 5) is 12.0. The Labute approximate surface area is 164 Å². The molecule has 0 saturated heterocycles. The van der Waals surface area contributed by atoms with Crippen LogP contribution in [0.1, 0.15) is 5.69 Å². The molecule has 0 aliphatic heterocycles. The van der Waals surface area contributed by atoms with Crippen LogP contribution in [0.5, 0.6) is 0 Å². The molecule has 27 heavy (non-hydrogen) atoms. The van der Waals surface area contributed by atoms with E-state index >= 15 is 0 Å². The number of H-pyrrole nitrogens is 1. The summed E-state index contributed by atoms with van der Waals surface area (Å²) >= 11 is 3.30. The van der Waals surface area contributed by atoms with Crippen LogP contribution in [0.2, 0.25) is 0 Å². The van der Waals surface area contributed by atoms with Crippen LogP contribution in [0.25, 0.3) is 22.3 Å². The Morgan fingerprint density at radius 1 is 1.00 bits per heavy atom. The molecule has 0 bridgehead atoms. The SMILES string of the molecule is Cc1cc2c(-c3ccc(NS(=O)(=O)c4ccc(Br)cc4)cc3)ncnc2[nH]1. The largest absolute Gasteiger partial charge is 0.343 e. The first-order valence-corrected chi connectivity index (χ1v) is 10.4. The molecule has 0 atom stereocenters. The summed E-state index contributed by atoms with van der Waals surface area (Å²) in [7, 11) is -3.64. The fraction of sp³-hybridized carbons (Fsp3) is 0.0526. The van der Waals surface area contributed by atoms with Crippen LogP contribution >= 0.6 is 15.9 Å². The molecule has 2 N–H and O–H groups in total. The number of hydrogen-bond acceptors (Lipinski definition) is 4. The minimum Gasteiger partial charge on any atom is -0.343 e. The second-order valence-electron chi connectivity index (χ2n) is 6.07. The van der Waals surface area contributed by atoms with Gasteiger partial charge >= 0.3 is 0 Å². The zero-order valence-corrected chi connectivity index (χ0v) is 16.7. The second-order valence-corrected chi connectivity index (χ2v) is 8.67. The van der Waals surface area contributed by atoms with Gasteiger partial charge in [-0.2, -0.15) is 0 Å². The maximum Gasteiger partial charge on any atom is 0.261 e. The van der Waals surface area contributed by atoms with Gasteiger partial charge in [-0.25, -0.2) is 18.4 Å². The van der Waals surface area contributed by atoms with Gasteiger partial charge in [0.25, 0.3) is 10.0 Å². The molecule has 0 aliphatic carbocycles. The van der Waals surface area contributed by atoms with Gasteiger partial charge in [0, 0.05) is 26.8 Å². The molecule has 2 aromatic heterocycles. The van der Waals surface area contributed by atoms with E-state index in [4.69, 9.17) is 0 Å². The molecule has 0 saturated carbocycles. The lowest BCUT2D eigenvalue weighted by atomic mass is 10.1. The molecule has 0 amide bonds. The van der Waals surface area contributed by atoms with E-state index in [1.54, 1.807) is 36.4 Å². The third-order valence-corrected chi connectivity index (χ3v) is 6.02. The van der Waals surface area contributed by atoms with Gasteiger partial charge in [0.2, 0.25) is 0 Å². The molecule has 6 nitrogen and oxygen atoms in total. The number of aromatic nitrogens is 3. The highest BCUT2D eigenvalue weighted by Crippen LogP contribution is 2.27. The highest BCUT2D eigenvalue weighted by molar-refractivity contribution is 9.10. The minimum atomic E-state index is -3.64. The first-order chi connectivity index (χ1) is 12.9. The zero-order valence-electron chi connectivity index (χ0n) is 14.3. The van der Waals surface area contributed by atoms with Crippen molar-refractivity contribution < 1.29 is 8.42 Å². The van der Waals surface area contributed by atoms with Crippen molar-refractivity contribution in [1.82, 2.24) is 15.0 Å². The Kier molecular flexibility index (Phi) is 4.45. The summed E-state index contributed by atoms with van der Waals surface area (Å²) < 4.78 is 28.4. The quantitative estimate of drug-likeness (QED) is 0.486. The first kappa shape index (κ1) is 17.7. The normalized spacial score (nSPS) is 11.6. The number of fused-ring (bicyclic) bond motifs is 1. The van der Waals surface area contributed by atoms with E-state index in [-0.39, 0.29) is 4.90 Å². The van der Waals surface area contributed by atoms with Crippen LogP contribution in [0, 0.1) is 6.92 Å². The molecule has 136 valence electrons. The van der Waals surface area contributed by atoms with Crippen LogP contribution in [0.15, 0.2) is 70.3 Å². The number of benzene rings is 2. The molecule has 2 aromatic carbocycles. The van der Waals surface area contributed by atoms with Crippen LogP contribution in [-0.4, -0.2) is 23.4 Å². The van der Waals surface area contributed by atoms with Gasteiger partial charge in [0.05, 0.1) is 10.6 Å². The Morgan fingerprint density at radius 2 is 1.70 bits per heavy atom. The van der Waals surface area contributed by atoms with Crippen LogP contribution in [-0.2, 0) is 10.0 Å². The summed E-state index contributed by atoms with van der Waals surface area (Å²) in [6.45, 7) is 1.96. The molecule has 0 radical (unpaired) electrons. The first-order valence-electron chi connectivity index (χ1n) is 8.11. The number of rotatable bonds is 4. The van der Waals surface area contributed by atoms with Gasteiger partial charge in [0.15, 0.2) is 0 Å². The topological polar surface area (TPSA) is 87.7 Å². The van der Waals surface area contributed by atoms with Crippen LogP contribution in [0.4, 0.5) is 5.69 Å². The molecule has 0 unspecified atom stereocenters. The van der Waals surface area contributed by atoms with Crippen molar-refractivity contribution in [2.24, 2.45) is 0 Å². The van der Waals surface area contributed by atoms with Gasteiger partial charge < -0.3 is 4.98 Å². The number of halogens is 1. The van der Waals surface area contributed by atoms with Gasteiger partial charge in [-0.3, -0.25) is 4.72 Å². The van der Waals surface area contributed by atoms with Crippen molar-refractivity contribution in [1.29, 1.82) is 0 Å². The third-order valence-electron chi connectivity index (χ3n) is 4.09. The monoisotopic (exact) mass is 442 g/mol. The van der Waals surface area contributed by atoms with Crippen molar-refractivity contribution in [3.63, 3.8) is 0 Å². The van der Waals surface area contributed by atoms with E-state index < -0.39 is 10.0 Å². The van der Waals surface area contributed by atoms with Gasteiger partial charge in [-0.15, -0.1) is 0 Å². The standard InChI is InChI=1S/C19H15BrN4O2S/c1-12-10-17-18(21-11-22-19(17)23-12)13-2-6-15(7-3-13)24-27(25,26)16-8-4-14(20)5-9-16/h2-11,24H,1H3,(H,21,22,23). The Balaban J connectivity index is 1.63. The van der Waals surface area contributed by atoms with Crippen molar-refractivity contribution in [2.75, 3.05) is 4.72 Å². The van der Waals surface area contributed by atoms with E-state index in [2.05, 4.69) is 35.6 Å². The van der Waals surface area contributed by atoms with Gasteiger partial charge in [0.1, 0.15) is 12.0 Å². The number of sulfonamides is 1. The maximum atomic E-state index is 12.5. The number of hydrogen-bond donors (Lipinski definition) is 2. The lowest BCUT2D eigenvalue weighted by Gasteiger charge is -2.09. The smallest absolute Gasteiger partial charge is 0.261 e. The van der Waals surface area contributed by atoms with Crippen molar-refractivity contribution >= 4 is 42.7 Å². The highest BCUT2D eigenvalue weighted by Gasteiger charge is 2.14. The van der Waals surface area contributed by atoms with Gasteiger partial charge in [-0.05, 0) is 49.4 Å².